The van der Waals surface area contributed by atoms with E-state index >= 15 is 0 Å². The third-order valence-corrected chi connectivity index (χ3v) is 4.63. The van der Waals surface area contributed by atoms with Gasteiger partial charge in [-0.3, -0.25) is 14.4 Å². The molecule has 1 unspecified atom stereocenters. The van der Waals surface area contributed by atoms with Gasteiger partial charge >= 0.3 is 5.97 Å². The largest absolute Gasteiger partial charge is 0.455 e. The summed E-state index contributed by atoms with van der Waals surface area (Å²) in [5, 5.41) is 2.45. The lowest BCUT2D eigenvalue weighted by Gasteiger charge is -2.20. The standard InChI is InChI=1S/C17H20F2N2O4S/c1-10(2)21-8-11(7-15(21)23)16(24)25-9-14(22)20-12-5-3-4-6-13(12)26-17(18)19/h3-6,10-11,17H,7-9H2,1-2H3,(H,20,22). The normalized spacial score (nSPS) is 17.1. The Bertz CT molecular complexity index is 684. The van der Waals surface area contributed by atoms with E-state index in [2.05, 4.69) is 5.32 Å². The number of hydrogen-bond acceptors (Lipinski definition) is 5. The third-order valence-electron chi connectivity index (χ3n) is 3.84. The molecule has 0 aliphatic carbocycles. The molecule has 9 heteroatoms. The Kier molecular flexibility index (Phi) is 6.96. The molecular formula is C17H20F2N2O4S. The highest BCUT2D eigenvalue weighted by atomic mass is 32.2. The van der Waals surface area contributed by atoms with E-state index in [0.717, 1.165) is 0 Å². The number of ether oxygens (including phenoxy) is 1. The Morgan fingerprint density at radius 1 is 1.35 bits per heavy atom. The number of carbonyl (C=O) groups is 3. The second kappa shape index (κ2) is 8.98. The van der Waals surface area contributed by atoms with Crippen LogP contribution in [0.1, 0.15) is 20.3 Å². The zero-order valence-corrected chi connectivity index (χ0v) is 15.2. The smallest absolute Gasteiger partial charge is 0.311 e. The molecular weight excluding hydrogens is 366 g/mol. The van der Waals surface area contributed by atoms with Gasteiger partial charge in [-0.05, 0) is 26.0 Å². The molecule has 1 aliphatic rings. The van der Waals surface area contributed by atoms with Crippen molar-refractivity contribution in [2.45, 2.75) is 37.0 Å². The molecule has 1 aromatic carbocycles. The van der Waals surface area contributed by atoms with Gasteiger partial charge in [0.1, 0.15) is 0 Å². The highest BCUT2D eigenvalue weighted by Gasteiger charge is 2.36. The Hall–Kier alpha value is -2.16. The minimum atomic E-state index is -2.62. The van der Waals surface area contributed by atoms with Crippen molar-refractivity contribution < 1.29 is 27.9 Å². The van der Waals surface area contributed by atoms with Crippen LogP contribution in [-0.4, -0.2) is 47.6 Å². The molecule has 26 heavy (non-hydrogen) atoms. The molecule has 0 aromatic heterocycles. The van der Waals surface area contributed by atoms with Crippen molar-refractivity contribution >= 4 is 35.2 Å². The number of nitrogens with zero attached hydrogens (tertiary/aromatic N) is 1. The fourth-order valence-electron chi connectivity index (χ4n) is 2.60. The van der Waals surface area contributed by atoms with Crippen LogP contribution in [0.4, 0.5) is 14.5 Å². The first-order valence-corrected chi connectivity index (χ1v) is 8.95. The van der Waals surface area contributed by atoms with Crippen molar-refractivity contribution in [3.8, 4) is 0 Å². The molecule has 0 saturated carbocycles. The van der Waals surface area contributed by atoms with Crippen molar-refractivity contribution in [2.24, 2.45) is 5.92 Å². The predicted molar refractivity (Wildman–Crippen MR) is 92.8 cm³/mol. The molecule has 2 rings (SSSR count). The van der Waals surface area contributed by atoms with E-state index in [1.807, 2.05) is 13.8 Å². The van der Waals surface area contributed by atoms with Crippen molar-refractivity contribution in [3.63, 3.8) is 0 Å². The zero-order chi connectivity index (χ0) is 19.3. The summed E-state index contributed by atoms with van der Waals surface area (Å²) in [6.07, 6.45) is 0.0620. The second-order valence-electron chi connectivity index (χ2n) is 6.07. The zero-order valence-electron chi connectivity index (χ0n) is 14.4. The number of benzene rings is 1. The molecule has 0 bridgehead atoms. The molecule has 6 nitrogen and oxygen atoms in total. The lowest BCUT2D eigenvalue weighted by Crippen LogP contribution is -2.33. The maximum absolute atomic E-state index is 12.5. The monoisotopic (exact) mass is 386 g/mol. The van der Waals surface area contributed by atoms with E-state index in [9.17, 15) is 23.2 Å². The van der Waals surface area contributed by atoms with E-state index in [-0.39, 0.29) is 35.5 Å². The fraction of sp³-hybridized carbons (Fsp3) is 0.471. The number of halogens is 2. The van der Waals surface area contributed by atoms with E-state index in [1.54, 1.807) is 17.0 Å². The highest BCUT2D eigenvalue weighted by Crippen LogP contribution is 2.31. The topological polar surface area (TPSA) is 75.7 Å². The Morgan fingerprint density at radius 2 is 2.04 bits per heavy atom. The summed E-state index contributed by atoms with van der Waals surface area (Å²) >= 11 is 0.316. The molecule has 1 N–H and O–H groups in total. The number of carbonyl (C=O) groups excluding carboxylic acids is 3. The number of esters is 1. The van der Waals surface area contributed by atoms with Gasteiger partial charge in [0.05, 0.1) is 11.6 Å². The Balaban J connectivity index is 1.86. The Morgan fingerprint density at radius 3 is 2.65 bits per heavy atom. The maximum atomic E-state index is 12.5. The number of alkyl halides is 2. The molecule has 1 saturated heterocycles. The summed E-state index contributed by atoms with van der Waals surface area (Å²) in [6, 6.07) is 6.12. The van der Waals surface area contributed by atoms with Gasteiger partial charge in [-0.15, -0.1) is 0 Å². The molecule has 1 atom stereocenters. The van der Waals surface area contributed by atoms with Gasteiger partial charge in [0.2, 0.25) is 5.91 Å². The van der Waals surface area contributed by atoms with Gasteiger partial charge in [-0.1, -0.05) is 23.9 Å². The summed E-state index contributed by atoms with van der Waals surface area (Å²) in [5.74, 6) is -4.59. The highest BCUT2D eigenvalue weighted by molar-refractivity contribution is 7.99. The molecule has 1 aromatic rings. The summed E-state index contributed by atoms with van der Waals surface area (Å²) in [6.45, 7) is 3.44. The molecule has 1 aliphatic heterocycles. The fourth-order valence-corrected chi connectivity index (χ4v) is 3.19. The molecule has 142 valence electrons. The van der Waals surface area contributed by atoms with Gasteiger partial charge in [0, 0.05) is 23.9 Å². The molecule has 0 spiro atoms. The number of likely N-dealkylation sites (tertiary alicyclic amines) is 1. The minimum absolute atomic E-state index is 0.00700. The van der Waals surface area contributed by atoms with Crippen LogP contribution in [0, 0.1) is 5.92 Å². The van der Waals surface area contributed by atoms with E-state index < -0.39 is 30.2 Å². The average molecular weight is 386 g/mol. The van der Waals surface area contributed by atoms with Crippen LogP contribution in [0.15, 0.2) is 29.2 Å². The number of para-hydroxylation sites is 1. The third kappa shape index (κ3) is 5.42. The summed E-state index contributed by atoms with van der Waals surface area (Å²) in [7, 11) is 0. The van der Waals surface area contributed by atoms with Crippen LogP contribution in [0.3, 0.4) is 0 Å². The van der Waals surface area contributed by atoms with Crippen LogP contribution < -0.4 is 5.32 Å². The number of hydrogen-bond donors (Lipinski definition) is 1. The number of amides is 2. The van der Waals surface area contributed by atoms with Crippen molar-refractivity contribution in [3.05, 3.63) is 24.3 Å². The van der Waals surface area contributed by atoms with Crippen molar-refractivity contribution in [1.82, 2.24) is 4.90 Å². The minimum Gasteiger partial charge on any atom is -0.455 e. The maximum Gasteiger partial charge on any atom is 0.311 e. The lowest BCUT2D eigenvalue weighted by molar-refractivity contribution is -0.151. The number of anilines is 1. The molecule has 1 fully saturated rings. The Labute approximate surface area is 154 Å². The van der Waals surface area contributed by atoms with Crippen LogP contribution >= 0.6 is 11.8 Å². The van der Waals surface area contributed by atoms with Gasteiger partial charge in [-0.25, -0.2) is 0 Å². The van der Waals surface area contributed by atoms with Crippen LogP contribution in [0.2, 0.25) is 0 Å². The first-order valence-electron chi connectivity index (χ1n) is 8.07. The van der Waals surface area contributed by atoms with E-state index in [4.69, 9.17) is 4.74 Å². The molecule has 2 amide bonds. The number of nitrogens with one attached hydrogen (secondary N) is 1. The van der Waals surface area contributed by atoms with Crippen LogP contribution in [0.5, 0.6) is 0 Å². The quantitative estimate of drug-likeness (QED) is 0.576. The first kappa shape index (κ1) is 20.2. The van der Waals surface area contributed by atoms with Gasteiger partial charge < -0.3 is 15.0 Å². The van der Waals surface area contributed by atoms with E-state index in [0.29, 0.717) is 11.8 Å². The first-order chi connectivity index (χ1) is 12.3. The SMILES string of the molecule is CC(C)N1CC(C(=O)OCC(=O)Nc2ccccc2SC(F)F)CC1=O. The summed E-state index contributed by atoms with van der Waals surface area (Å²) in [4.78, 5) is 37.6. The van der Waals surface area contributed by atoms with Gasteiger partial charge in [0.15, 0.2) is 6.61 Å². The molecule has 0 radical (unpaired) electrons. The average Bonchev–Trinajstić information content (AvgIpc) is 2.96. The second-order valence-corrected chi connectivity index (χ2v) is 7.10. The van der Waals surface area contributed by atoms with E-state index in [1.165, 1.54) is 12.1 Å². The number of thioether (sulfide) groups is 1. The number of rotatable bonds is 7. The van der Waals surface area contributed by atoms with Crippen molar-refractivity contribution in [1.29, 1.82) is 0 Å². The van der Waals surface area contributed by atoms with Gasteiger partial charge in [-0.2, -0.15) is 8.78 Å². The summed E-state index contributed by atoms with van der Waals surface area (Å²) < 4.78 is 30.0. The molecule has 1 heterocycles. The van der Waals surface area contributed by atoms with Crippen molar-refractivity contribution in [2.75, 3.05) is 18.5 Å². The van der Waals surface area contributed by atoms with Crippen LogP contribution in [-0.2, 0) is 19.1 Å². The van der Waals surface area contributed by atoms with Crippen LogP contribution in [0.25, 0.3) is 0 Å². The summed E-state index contributed by atoms with van der Waals surface area (Å²) in [5.41, 5.74) is 0.223. The van der Waals surface area contributed by atoms with Gasteiger partial charge in [0.25, 0.3) is 11.7 Å². The predicted octanol–water partition coefficient (Wildman–Crippen LogP) is 2.74. The lowest BCUT2D eigenvalue weighted by atomic mass is 10.1.